The number of benzene rings is 1. The minimum absolute atomic E-state index is 0.0204. The summed E-state index contributed by atoms with van der Waals surface area (Å²) in [4.78, 5) is 48.9. The third-order valence-corrected chi connectivity index (χ3v) is 10.4. The Morgan fingerprint density at radius 3 is 2.11 bits per heavy atom. The number of nitrogens with one attached hydrogen (secondary N) is 3. The number of primary amides is 1. The average Bonchev–Trinajstić information content (AvgIpc) is 3.91. The van der Waals surface area contributed by atoms with E-state index in [1.807, 2.05) is 20.8 Å². The summed E-state index contributed by atoms with van der Waals surface area (Å²) in [6, 6.07) is 4.53. The van der Waals surface area contributed by atoms with Gasteiger partial charge in [0.2, 0.25) is 17.8 Å². The fraction of sp³-hybridized carbons (Fsp3) is 0.643. The smallest absolute Gasteiger partial charge is 0.256 e. The molecule has 0 spiro atoms. The normalized spacial score (nSPS) is 18.4. The highest BCUT2D eigenvalue weighted by Gasteiger charge is 2.38. The van der Waals surface area contributed by atoms with Crippen molar-refractivity contribution in [3.05, 3.63) is 36.2 Å². The molecule has 2 fully saturated rings. The lowest BCUT2D eigenvalue weighted by molar-refractivity contribution is -0.140. The molecule has 4 atom stereocenters. The molecule has 8 N–H and O–H groups in total. The van der Waals surface area contributed by atoms with Gasteiger partial charge in [-0.1, -0.05) is 33.6 Å². The summed E-state index contributed by atoms with van der Waals surface area (Å²) in [5.41, 5.74) is 12.8. The Morgan fingerprint density at radius 2 is 1.52 bits per heavy atom. The quantitative estimate of drug-likeness (QED) is 0.0630. The summed E-state index contributed by atoms with van der Waals surface area (Å²) < 4.78 is 40.9. The third kappa shape index (κ3) is 14.6. The maximum atomic E-state index is 13.0. The molecule has 3 amide bonds. The Kier molecular flexibility index (Phi) is 18.8. The van der Waals surface area contributed by atoms with Gasteiger partial charge in [0.05, 0.1) is 72.7 Å². The predicted octanol–water partition coefficient (Wildman–Crippen LogP) is 1.85. The summed E-state index contributed by atoms with van der Waals surface area (Å²) in [6.07, 6.45) is 7.30. The van der Waals surface area contributed by atoms with Gasteiger partial charge < -0.3 is 70.6 Å². The maximum absolute atomic E-state index is 13.0. The number of hydrogen-bond acceptors (Lipinski definition) is 16. The Bertz CT molecular complexity index is 1890. The molecule has 0 unspecified atom stereocenters. The van der Waals surface area contributed by atoms with E-state index in [1.54, 1.807) is 47.0 Å². The van der Waals surface area contributed by atoms with Crippen LogP contribution in [0.25, 0.3) is 5.65 Å². The van der Waals surface area contributed by atoms with Gasteiger partial charge in [-0.15, -0.1) is 0 Å². The second kappa shape index (κ2) is 24.1. The number of imidazole rings is 1. The highest BCUT2D eigenvalue weighted by Crippen LogP contribution is 2.31. The molecule has 1 aliphatic carbocycles. The van der Waals surface area contributed by atoms with Crippen molar-refractivity contribution in [1.82, 2.24) is 24.6 Å². The van der Waals surface area contributed by atoms with Gasteiger partial charge in [0.1, 0.15) is 36.3 Å². The van der Waals surface area contributed by atoms with Crippen LogP contribution in [0.5, 0.6) is 11.5 Å². The Hall–Kier alpha value is -4.83. The first-order valence-electron chi connectivity index (χ1n) is 21.3. The number of aliphatic hydroxyl groups is 1. The minimum Gasteiger partial charge on any atom is -0.497 e. The predicted molar refractivity (Wildman–Crippen MR) is 230 cm³/mol. The molecule has 1 aromatic carbocycles. The number of amides is 3. The van der Waals surface area contributed by atoms with Crippen molar-refractivity contribution in [2.24, 2.45) is 16.9 Å². The van der Waals surface area contributed by atoms with Crippen molar-refractivity contribution in [3.8, 4) is 11.5 Å². The molecular formula is C42H65N9O11. The second-order valence-corrected chi connectivity index (χ2v) is 16.3. The number of carbonyl (C=O) groups is 3. The number of aromatic nitrogens is 3. The van der Waals surface area contributed by atoms with Crippen LogP contribution in [0.1, 0.15) is 63.2 Å². The summed E-state index contributed by atoms with van der Waals surface area (Å²) in [7, 11) is 1.55. The van der Waals surface area contributed by atoms with E-state index < -0.39 is 23.5 Å². The third-order valence-electron chi connectivity index (χ3n) is 10.4. The lowest BCUT2D eigenvalue weighted by atomic mass is 9.85. The van der Waals surface area contributed by atoms with Gasteiger partial charge in [-0.25, -0.2) is 4.98 Å². The van der Waals surface area contributed by atoms with E-state index in [2.05, 4.69) is 20.9 Å². The standard InChI is InChI=1S/C42H65N9O11/c1-42(2,3)36(40(55)50-11-9-29(52)26-50)48-34(53)27-61-20-19-59-16-15-57-13-14-58-17-18-60-21-22-62-31-24-28(23-30(25-31)56-4)46-38-35(37(44)54)39-45-10-12-51(39)41(49-38)47-33-8-6-5-7-32(33)43/h10,12,23-25,29,32-33,36,46,52H,5-9,11,13-22,26-27,43H2,1-4H3,(H2,44,54)(H,47,49)(H,48,53)/t29-,32-,33+,36-/m1/s1. The Balaban J connectivity index is 0.921. The number of methoxy groups -OCH3 is 1. The molecule has 20 heteroatoms. The number of hydrogen-bond donors (Lipinski definition) is 6. The molecule has 62 heavy (non-hydrogen) atoms. The lowest BCUT2D eigenvalue weighted by Gasteiger charge is -2.33. The van der Waals surface area contributed by atoms with Gasteiger partial charge in [-0.2, -0.15) is 4.98 Å². The first-order chi connectivity index (χ1) is 29.8. The molecule has 0 radical (unpaired) electrons. The Labute approximate surface area is 362 Å². The van der Waals surface area contributed by atoms with Crippen LogP contribution >= 0.6 is 0 Å². The van der Waals surface area contributed by atoms with E-state index in [1.165, 1.54) is 0 Å². The highest BCUT2D eigenvalue weighted by molar-refractivity contribution is 6.04. The number of fused-ring (bicyclic) bond motifs is 1. The van der Waals surface area contributed by atoms with Crippen LogP contribution in [0, 0.1) is 5.41 Å². The number of ether oxygens (including phenoxy) is 7. The second-order valence-electron chi connectivity index (χ2n) is 16.3. The topological polar surface area (TPSA) is 258 Å². The molecule has 0 bridgehead atoms. The zero-order valence-corrected chi connectivity index (χ0v) is 36.4. The van der Waals surface area contributed by atoms with Crippen molar-refractivity contribution in [2.45, 2.75) is 77.1 Å². The lowest BCUT2D eigenvalue weighted by Crippen LogP contribution is -2.55. The van der Waals surface area contributed by atoms with Crippen LogP contribution in [0.3, 0.4) is 0 Å². The molecule has 2 aromatic heterocycles. The van der Waals surface area contributed by atoms with Crippen LogP contribution in [0.2, 0.25) is 0 Å². The number of nitrogens with two attached hydrogens (primary N) is 2. The van der Waals surface area contributed by atoms with Gasteiger partial charge in [0, 0.05) is 61.5 Å². The van der Waals surface area contributed by atoms with Gasteiger partial charge in [-0.3, -0.25) is 18.8 Å². The van der Waals surface area contributed by atoms with E-state index >= 15 is 0 Å². The largest absolute Gasteiger partial charge is 0.497 e. The fourth-order valence-electron chi connectivity index (χ4n) is 7.13. The zero-order valence-electron chi connectivity index (χ0n) is 36.4. The van der Waals surface area contributed by atoms with E-state index in [4.69, 9.17) is 49.6 Å². The van der Waals surface area contributed by atoms with Crippen molar-refractivity contribution in [1.29, 1.82) is 0 Å². The van der Waals surface area contributed by atoms with Crippen LogP contribution < -0.4 is 36.9 Å². The fourth-order valence-corrected chi connectivity index (χ4v) is 7.13. The molecule has 1 saturated carbocycles. The monoisotopic (exact) mass is 871 g/mol. The molecule has 5 rings (SSSR count). The van der Waals surface area contributed by atoms with Gasteiger partial charge in [0.25, 0.3) is 5.91 Å². The van der Waals surface area contributed by atoms with Crippen molar-refractivity contribution >= 4 is 40.8 Å². The van der Waals surface area contributed by atoms with Crippen LogP contribution in [-0.2, 0) is 33.3 Å². The molecule has 2 aliphatic rings. The number of anilines is 3. The summed E-state index contributed by atoms with van der Waals surface area (Å²) >= 11 is 0. The van der Waals surface area contributed by atoms with Crippen molar-refractivity contribution in [2.75, 3.05) is 104 Å². The van der Waals surface area contributed by atoms with Crippen LogP contribution in [0.15, 0.2) is 30.6 Å². The van der Waals surface area contributed by atoms with E-state index in [0.717, 1.165) is 25.7 Å². The maximum Gasteiger partial charge on any atom is 0.256 e. The van der Waals surface area contributed by atoms with E-state index in [-0.39, 0.29) is 68.3 Å². The first-order valence-corrected chi connectivity index (χ1v) is 21.3. The average molecular weight is 872 g/mol. The Morgan fingerprint density at radius 1 is 0.887 bits per heavy atom. The summed E-state index contributed by atoms with van der Waals surface area (Å²) in [5, 5.41) is 19.3. The number of β-amino-alcohol motifs (C(OH)–C–C–N with tert-alkyl or cyclic N) is 1. The molecule has 3 aromatic rings. The van der Waals surface area contributed by atoms with E-state index in [0.29, 0.717) is 88.0 Å². The number of nitrogens with zero attached hydrogens (tertiary/aromatic N) is 4. The molecule has 344 valence electrons. The van der Waals surface area contributed by atoms with Gasteiger partial charge in [-0.05, 0) is 24.7 Å². The van der Waals surface area contributed by atoms with E-state index in [9.17, 15) is 19.5 Å². The number of likely N-dealkylation sites (tertiary alicyclic amines) is 1. The van der Waals surface area contributed by atoms with Crippen molar-refractivity contribution < 1.29 is 52.6 Å². The molecular weight excluding hydrogens is 807 g/mol. The van der Waals surface area contributed by atoms with Gasteiger partial charge >= 0.3 is 0 Å². The molecule has 20 nitrogen and oxygen atoms in total. The number of carbonyl (C=O) groups excluding carboxylic acids is 3. The summed E-state index contributed by atoms with van der Waals surface area (Å²) in [6.45, 7) is 9.53. The number of aliphatic hydroxyl groups excluding tert-OH is 1. The highest BCUT2D eigenvalue weighted by atomic mass is 16.6. The molecule has 1 saturated heterocycles. The number of rotatable bonds is 26. The van der Waals surface area contributed by atoms with Crippen molar-refractivity contribution in [3.63, 3.8) is 0 Å². The minimum atomic E-state index is -0.722. The SMILES string of the molecule is COc1cc(Nc2nc(N[C@H]3CCCC[C@H]3N)n3ccnc3c2C(N)=O)cc(OCCOCCOCCOCCOCCOCC(=O)N[C@H](C(=O)N2CC[C@@H](O)C2)C(C)(C)C)c1. The molecule has 1 aliphatic heterocycles. The first kappa shape index (κ1) is 48.2. The zero-order chi connectivity index (χ0) is 44.5. The van der Waals surface area contributed by atoms with Crippen LogP contribution in [-0.4, -0.2) is 159 Å². The van der Waals surface area contributed by atoms with Crippen LogP contribution in [0.4, 0.5) is 17.5 Å². The summed E-state index contributed by atoms with van der Waals surface area (Å²) in [5.74, 6) is 0.488. The molecule has 3 heterocycles. The van der Waals surface area contributed by atoms with Gasteiger partial charge in [0.15, 0.2) is 11.5 Å².